The number of rotatable bonds is 6. The molecule has 30 heavy (non-hydrogen) atoms. The van der Waals surface area contributed by atoms with Crippen molar-refractivity contribution < 1.29 is 22.4 Å². The Kier molecular flexibility index (Phi) is 6.78. The quantitative estimate of drug-likeness (QED) is 0.378. The highest BCUT2D eigenvalue weighted by Gasteiger charge is 2.34. The molecule has 0 saturated carbocycles. The average Bonchev–Trinajstić information content (AvgIpc) is 3.14. The number of nitrogens with zero attached hydrogens (tertiary/aromatic N) is 2. The number of anilines is 1. The summed E-state index contributed by atoms with van der Waals surface area (Å²) in [6, 6.07) is 9.08. The Morgan fingerprint density at radius 1 is 1.17 bits per heavy atom. The lowest BCUT2D eigenvalue weighted by Crippen LogP contribution is -2.18. The molecule has 0 aliphatic carbocycles. The molecule has 0 unspecified atom stereocenters. The number of nitrogens with one attached hydrogen (secondary N) is 2. The number of aromatic nitrogens is 3. The number of hydrogen-bond donors (Lipinski definition) is 2. The van der Waals surface area contributed by atoms with E-state index < -0.39 is 23.3 Å². The third-order valence-electron chi connectivity index (χ3n) is 3.70. The lowest BCUT2D eigenvalue weighted by Gasteiger charge is -2.14. The molecule has 156 valence electrons. The van der Waals surface area contributed by atoms with Crippen LogP contribution in [0.2, 0.25) is 5.02 Å². The van der Waals surface area contributed by atoms with Crippen LogP contribution in [0.1, 0.15) is 17.0 Å². The zero-order valence-corrected chi connectivity index (χ0v) is 16.6. The molecule has 0 aliphatic rings. The van der Waals surface area contributed by atoms with E-state index >= 15 is 0 Å². The fourth-order valence-corrected chi connectivity index (χ4v) is 3.17. The van der Waals surface area contributed by atoms with Gasteiger partial charge in [0.1, 0.15) is 11.6 Å². The SMILES string of the molecule is O=C(CSc1n[nH]c(/C=C/c2ccc(F)cc2)n1)Nc1c(Cl)cccc1C(F)(F)F. The standard InChI is InChI=1S/C19H13ClF4N4OS/c20-14-3-1-2-13(19(22,23)24)17(14)26-16(29)10-30-18-25-15(27-28-18)9-6-11-4-7-12(21)8-5-11/h1-9H,10H2,(H,26,29)(H,25,27,28)/b9-6+. The number of benzene rings is 2. The molecule has 0 radical (unpaired) electrons. The smallest absolute Gasteiger partial charge is 0.324 e. The summed E-state index contributed by atoms with van der Waals surface area (Å²) in [5.41, 5.74) is -0.767. The Bertz CT molecular complexity index is 1070. The molecule has 2 N–H and O–H groups in total. The summed E-state index contributed by atoms with van der Waals surface area (Å²) in [7, 11) is 0. The van der Waals surface area contributed by atoms with Gasteiger partial charge in [0.15, 0.2) is 0 Å². The van der Waals surface area contributed by atoms with Gasteiger partial charge < -0.3 is 5.32 Å². The van der Waals surface area contributed by atoms with Gasteiger partial charge in [0, 0.05) is 0 Å². The largest absolute Gasteiger partial charge is 0.418 e. The second kappa shape index (κ2) is 9.31. The van der Waals surface area contributed by atoms with Crippen molar-refractivity contribution in [2.75, 3.05) is 11.1 Å². The van der Waals surface area contributed by atoms with Crippen LogP contribution >= 0.6 is 23.4 Å². The molecule has 0 aliphatic heterocycles. The number of hydrogen-bond acceptors (Lipinski definition) is 4. The van der Waals surface area contributed by atoms with E-state index in [4.69, 9.17) is 11.6 Å². The molecule has 5 nitrogen and oxygen atoms in total. The fourth-order valence-electron chi connectivity index (χ4n) is 2.34. The number of para-hydroxylation sites is 1. The molecule has 1 heterocycles. The lowest BCUT2D eigenvalue weighted by molar-refractivity contribution is -0.137. The third kappa shape index (κ3) is 5.83. The summed E-state index contributed by atoms with van der Waals surface area (Å²) in [6.07, 6.45) is -1.35. The number of H-pyrrole nitrogens is 1. The summed E-state index contributed by atoms with van der Waals surface area (Å²) >= 11 is 6.75. The normalized spacial score (nSPS) is 11.8. The van der Waals surface area contributed by atoms with Crippen molar-refractivity contribution in [3.63, 3.8) is 0 Å². The number of alkyl halides is 3. The zero-order valence-electron chi connectivity index (χ0n) is 15.0. The summed E-state index contributed by atoms with van der Waals surface area (Å²) in [4.78, 5) is 16.2. The van der Waals surface area contributed by atoms with Crippen LogP contribution in [0.3, 0.4) is 0 Å². The highest BCUT2D eigenvalue weighted by atomic mass is 35.5. The van der Waals surface area contributed by atoms with E-state index in [0.29, 0.717) is 5.82 Å². The maximum atomic E-state index is 13.1. The number of carbonyl (C=O) groups is 1. The maximum Gasteiger partial charge on any atom is 0.418 e. The first-order valence-electron chi connectivity index (χ1n) is 8.37. The minimum Gasteiger partial charge on any atom is -0.324 e. The van der Waals surface area contributed by atoms with Crippen molar-refractivity contribution in [2.45, 2.75) is 11.3 Å². The van der Waals surface area contributed by atoms with Crippen LogP contribution in [0.4, 0.5) is 23.2 Å². The van der Waals surface area contributed by atoms with E-state index in [-0.39, 0.29) is 21.7 Å². The fraction of sp³-hybridized carbons (Fsp3) is 0.105. The number of carbonyl (C=O) groups excluding carboxylic acids is 1. The zero-order chi connectivity index (χ0) is 21.7. The van der Waals surface area contributed by atoms with E-state index in [1.165, 1.54) is 18.2 Å². The first kappa shape index (κ1) is 21.8. The first-order chi connectivity index (χ1) is 14.2. The summed E-state index contributed by atoms with van der Waals surface area (Å²) in [5, 5.41) is 8.79. The number of aromatic amines is 1. The van der Waals surface area contributed by atoms with Gasteiger partial charge in [-0.05, 0) is 35.9 Å². The van der Waals surface area contributed by atoms with Gasteiger partial charge in [-0.3, -0.25) is 9.89 Å². The van der Waals surface area contributed by atoms with Crippen LogP contribution < -0.4 is 5.32 Å². The van der Waals surface area contributed by atoms with Gasteiger partial charge in [-0.2, -0.15) is 13.2 Å². The van der Waals surface area contributed by atoms with E-state index in [2.05, 4.69) is 20.5 Å². The first-order valence-corrected chi connectivity index (χ1v) is 9.73. The topological polar surface area (TPSA) is 70.7 Å². The summed E-state index contributed by atoms with van der Waals surface area (Å²) < 4.78 is 52.1. The molecule has 0 bridgehead atoms. The molecule has 0 atom stereocenters. The van der Waals surface area contributed by atoms with Crippen molar-refractivity contribution in [3.8, 4) is 0 Å². The minimum atomic E-state index is -4.66. The summed E-state index contributed by atoms with van der Waals surface area (Å²) in [5.74, 6) is -0.857. The van der Waals surface area contributed by atoms with Gasteiger partial charge in [-0.25, -0.2) is 9.37 Å². The Labute approximate surface area is 177 Å². The van der Waals surface area contributed by atoms with Crippen LogP contribution in [-0.2, 0) is 11.0 Å². The Balaban J connectivity index is 1.59. The highest BCUT2D eigenvalue weighted by Crippen LogP contribution is 2.38. The van der Waals surface area contributed by atoms with Gasteiger partial charge in [-0.15, -0.1) is 5.10 Å². The van der Waals surface area contributed by atoms with Crippen LogP contribution in [0.25, 0.3) is 12.2 Å². The molecular formula is C19H13ClF4N4OS. The van der Waals surface area contributed by atoms with Crippen molar-refractivity contribution in [3.05, 3.63) is 70.3 Å². The maximum absolute atomic E-state index is 13.1. The molecule has 2 aromatic carbocycles. The number of thioether (sulfide) groups is 1. The van der Waals surface area contributed by atoms with Gasteiger partial charge in [0.05, 0.1) is 22.0 Å². The minimum absolute atomic E-state index is 0.214. The van der Waals surface area contributed by atoms with Gasteiger partial charge >= 0.3 is 6.18 Å². The summed E-state index contributed by atoms with van der Waals surface area (Å²) in [6.45, 7) is 0. The molecule has 3 aromatic rings. The highest BCUT2D eigenvalue weighted by molar-refractivity contribution is 7.99. The van der Waals surface area contributed by atoms with Crippen LogP contribution in [0.5, 0.6) is 0 Å². The predicted molar refractivity (Wildman–Crippen MR) is 108 cm³/mol. The second-order valence-electron chi connectivity index (χ2n) is 5.89. The predicted octanol–water partition coefficient (Wildman–Crippen LogP) is 5.52. The van der Waals surface area contributed by atoms with Crippen molar-refractivity contribution in [2.24, 2.45) is 0 Å². The molecule has 1 aromatic heterocycles. The van der Waals surface area contributed by atoms with E-state index in [0.717, 1.165) is 29.5 Å². The molecule has 1 amide bonds. The van der Waals surface area contributed by atoms with Crippen molar-refractivity contribution in [1.29, 1.82) is 0 Å². The molecule has 3 rings (SSSR count). The van der Waals surface area contributed by atoms with Gasteiger partial charge in [-0.1, -0.05) is 47.6 Å². The van der Waals surface area contributed by atoms with E-state index in [9.17, 15) is 22.4 Å². The van der Waals surface area contributed by atoms with Crippen LogP contribution in [0, 0.1) is 5.82 Å². The molecule has 0 spiro atoms. The van der Waals surface area contributed by atoms with Gasteiger partial charge in [0.25, 0.3) is 0 Å². The molecular weight excluding hydrogens is 444 g/mol. The van der Waals surface area contributed by atoms with Crippen molar-refractivity contribution >= 4 is 47.1 Å². The molecule has 0 fully saturated rings. The van der Waals surface area contributed by atoms with Gasteiger partial charge in [0.2, 0.25) is 11.1 Å². The van der Waals surface area contributed by atoms with E-state index in [1.807, 2.05) is 0 Å². The average molecular weight is 457 g/mol. The Morgan fingerprint density at radius 2 is 1.90 bits per heavy atom. The van der Waals surface area contributed by atoms with E-state index in [1.54, 1.807) is 24.3 Å². The van der Waals surface area contributed by atoms with Crippen LogP contribution in [-0.4, -0.2) is 26.8 Å². The monoisotopic (exact) mass is 456 g/mol. The molecule has 11 heteroatoms. The van der Waals surface area contributed by atoms with Crippen LogP contribution in [0.15, 0.2) is 47.6 Å². The number of halogens is 5. The van der Waals surface area contributed by atoms with Crippen molar-refractivity contribution in [1.82, 2.24) is 15.2 Å². The Hall–Kier alpha value is -2.85. The lowest BCUT2D eigenvalue weighted by atomic mass is 10.1. The number of amides is 1. The third-order valence-corrected chi connectivity index (χ3v) is 4.86. The molecule has 0 saturated heterocycles. The second-order valence-corrected chi connectivity index (χ2v) is 7.23. The Morgan fingerprint density at radius 3 is 2.60 bits per heavy atom.